The highest BCUT2D eigenvalue weighted by molar-refractivity contribution is 5.98. The van der Waals surface area contributed by atoms with Crippen molar-refractivity contribution in [1.29, 1.82) is 0 Å². The first-order chi connectivity index (χ1) is 11.8. The van der Waals surface area contributed by atoms with Crippen LogP contribution in [0.2, 0.25) is 0 Å². The van der Waals surface area contributed by atoms with Gasteiger partial charge in [0.25, 0.3) is 5.91 Å². The Labute approximate surface area is 139 Å². The van der Waals surface area contributed by atoms with Gasteiger partial charge in [-0.05, 0) is 18.6 Å². The highest BCUT2D eigenvalue weighted by Crippen LogP contribution is 2.21. The number of carbonyl (C=O) groups is 2. The van der Waals surface area contributed by atoms with Crippen LogP contribution in [-0.4, -0.2) is 61.8 Å². The molecule has 1 fully saturated rings. The summed E-state index contributed by atoms with van der Waals surface area (Å²) in [5, 5.41) is 6.35. The number of alkyl halides is 3. The third kappa shape index (κ3) is 3.92. The molecule has 25 heavy (non-hydrogen) atoms. The molecule has 0 saturated carbocycles. The summed E-state index contributed by atoms with van der Waals surface area (Å²) in [4.78, 5) is 32.8. The second-order valence-corrected chi connectivity index (χ2v) is 5.43. The number of hydrogen-bond donors (Lipinski definition) is 1. The fourth-order valence-corrected chi connectivity index (χ4v) is 2.50. The highest BCUT2D eigenvalue weighted by Gasteiger charge is 2.39. The van der Waals surface area contributed by atoms with Crippen molar-refractivity contribution in [3.05, 3.63) is 36.5 Å². The molecule has 1 unspecified atom stereocenters. The number of pyridine rings is 1. The quantitative estimate of drug-likeness (QED) is 0.866. The van der Waals surface area contributed by atoms with Crippen LogP contribution in [0.5, 0.6) is 0 Å². The highest BCUT2D eigenvalue weighted by atomic mass is 19.4. The van der Waals surface area contributed by atoms with Gasteiger partial charge in [0, 0.05) is 18.3 Å². The van der Waals surface area contributed by atoms with E-state index in [2.05, 4.69) is 20.4 Å². The van der Waals surface area contributed by atoms with Crippen molar-refractivity contribution >= 4 is 11.8 Å². The zero-order valence-corrected chi connectivity index (χ0v) is 12.8. The maximum Gasteiger partial charge on any atom is 0.406 e. The first kappa shape index (κ1) is 16.9. The number of amides is 2. The van der Waals surface area contributed by atoms with Crippen molar-refractivity contribution in [2.24, 2.45) is 0 Å². The van der Waals surface area contributed by atoms with Gasteiger partial charge in [0.1, 0.15) is 25.2 Å². The summed E-state index contributed by atoms with van der Waals surface area (Å²) < 4.78 is 38.6. The van der Waals surface area contributed by atoms with Gasteiger partial charge >= 0.3 is 6.18 Å². The van der Waals surface area contributed by atoms with Crippen molar-refractivity contribution in [1.82, 2.24) is 30.0 Å². The van der Waals surface area contributed by atoms with Crippen LogP contribution in [0, 0.1) is 0 Å². The molecule has 8 nitrogen and oxygen atoms in total. The third-order valence-electron chi connectivity index (χ3n) is 3.63. The summed E-state index contributed by atoms with van der Waals surface area (Å²) in [6, 6.07) is 1.90. The molecule has 0 bridgehead atoms. The van der Waals surface area contributed by atoms with Crippen LogP contribution in [0.3, 0.4) is 0 Å². The number of carbonyl (C=O) groups excluding carboxylic acids is 2. The summed E-state index contributed by atoms with van der Waals surface area (Å²) in [5.74, 6) is -0.964. The van der Waals surface area contributed by atoms with Crippen molar-refractivity contribution in [3.63, 3.8) is 0 Å². The largest absolute Gasteiger partial charge is 0.406 e. The minimum absolute atomic E-state index is 0.0517. The van der Waals surface area contributed by atoms with Crippen molar-refractivity contribution in [2.75, 3.05) is 13.1 Å². The first-order valence-corrected chi connectivity index (χ1v) is 7.31. The Hall–Kier alpha value is -2.98. The van der Waals surface area contributed by atoms with E-state index in [0.717, 1.165) is 0 Å². The summed E-state index contributed by atoms with van der Waals surface area (Å²) in [7, 11) is 0. The van der Waals surface area contributed by atoms with E-state index in [1.807, 2.05) is 0 Å². The summed E-state index contributed by atoms with van der Waals surface area (Å²) in [6.45, 7) is -1.37. The SMILES string of the molecule is O=C(NC1CCN(CC(F)(F)F)C1=O)c1ccnc(-n2cncn2)c1. The van der Waals surface area contributed by atoms with Crippen LogP contribution in [0.15, 0.2) is 31.0 Å². The molecule has 0 radical (unpaired) electrons. The summed E-state index contributed by atoms with van der Waals surface area (Å²) in [5.41, 5.74) is 0.211. The van der Waals surface area contributed by atoms with Crippen molar-refractivity contribution < 1.29 is 22.8 Å². The molecule has 1 aliphatic rings. The van der Waals surface area contributed by atoms with Crippen LogP contribution < -0.4 is 5.32 Å². The lowest BCUT2D eigenvalue weighted by Gasteiger charge is -2.18. The molecule has 1 aliphatic heterocycles. The topological polar surface area (TPSA) is 93.0 Å². The zero-order valence-electron chi connectivity index (χ0n) is 12.8. The van der Waals surface area contributed by atoms with Crippen molar-refractivity contribution in [3.8, 4) is 5.82 Å². The van der Waals surface area contributed by atoms with E-state index in [-0.39, 0.29) is 18.5 Å². The Bertz CT molecular complexity index is 777. The number of halogens is 3. The van der Waals surface area contributed by atoms with E-state index in [4.69, 9.17) is 0 Å². The van der Waals surface area contributed by atoms with E-state index in [0.29, 0.717) is 10.7 Å². The average Bonchev–Trinajstić information content (AvgIpc) is 3.19. The number of nitrogens with zero attached hydrogens (tertiary/aromatic N) is 5. The van der Waals surface area contributed by atoms with Gasteiger partial charge < -0.3 is 10.2 Å². The normalized spacial score (nSPS) is 17.8. The van der Waals surface area contributed by atoms with E-state index in [1.165, 1.54) is 35.7 Å². The molecule has 3 rings (SSSR count). The van der Waals surface area contributed by atoms with E-state index in [1.54, 1.807) is 0 Å². The molecule has 3 heterocycles. The molecule has 11 heteroatoms. The van der Waals surface area contributed by atoms with Gasteiger partial charge in [-0.2, -0.15) is 18.3 Å². The van der Waals surface area contributed by atoms with E-state index >= 15 is 0 Å². The molecule has 0 aromatic carbocycles. The molecular formula is C14H13F3N6O2. The van der Waals surface area contributed by atoms with Gasteiger partial charge in [-0.1, -0.05) is 0 Å². The van der Waals surface area contributed by atoms with Crippen LogP contribution in [0.25, 0.3) is 5.82 Å². The lowest BCUT2D eigenvalue weighted by Crippen LogP contribution is -2.43. The van der Waals surface area contributed by atoms with Crippen LogP contribution >= 0.6 is 0 Å². The molecule has 0 aliphatic carbocycles. The molecular weight excluding hydrogens is 341 g/mol. The van der Waals surface area contributed by atoms with E-state index in [9.17, 15) is 22.8 Å². The Morgan fingerprint density at radius 3 is 2.88 bits per heavy atom. The number of nitrogens with one attached hydrogen (secondary N) is 1. The number of aromatic nitrogens is 4. The Balaban J connectivity index is 1.67. The molecule has 2 aromatic rings. The Morgan fingerprint density at radius 2 is 2.20 bits per heavy atom. The zero-order chi connectivity index (χ0) is 18.0. The first-order valence-electron chi connectivity index (χ1n) is 7.31. The van der Waals surface area contributed by atoms with Gasteiger partial charge in [0.05, 0.1) is 0 Å². The molecule has 2 aromatic heterocycles. The average molecular weight is 354 g/mol. The third-order valence-corrected chi connectivity index (χ3v) is 3.63. The monoisotopic (exact) mass is 354 g/mol. The second kappa shape index (κ2) is 6.49. The van der Waals surface area contributed by atoms with Crippen LogP contribution in [0.1, 0.15) is 16.8 Å². The van der Waals surface area contributed by atoms with Gasteiger partial charge in [-0.15, -0.1) is 0 Å². The maximum atomic E-state index is 12.4. The predicted octanol–water partition coefficient (Wildman–Crippen LogP) is 0.555. The van der Waals surface area contributed by atoms with Gasteiger partial charge in [0.15, 0.2) is 5.82 Å². The van der Waals surface area contributed by atoms with Gasteiger partial charge in [0.2, 0.25) is 5.91 Å². The van der Waals surface area contributed by atoms with Crippen molar-refractivity contribution in [2.45, 2.75) is 18.6 Å². The molecule has 2 amide bonds. The molecule has 0 spiro atoms. The lowest BCUT2D eigenvalue weighted by atomic mass is 10.2. The Morgan fingerprint density at radius 1 is 1.40 bits per heavy atom. The van der Waals surface area contributed by atoms with E-state index < -0.39 is 30.6 Å². The minimum atomic E-state index is -4.47. The summed E-state index contributed by atoms with van der Waals surface area (Å²) >= 11 is 0. The fourth-order valence-electron chi connectivity index (χ4n) is 2.50. The molecule has 1 N–H and O–H groups in total. The minimum Gasteiger partial charge on any atom is -0.340 e. The molecule has 1 atom stereocenters. The molecule has 132 valence electrons. The van der Waals surface area contributed by atoms with Gasteiger partial charge in [-0.25, -0.2) is 14.6 Å². The van der Waals surface area contributed by atoms with Crippen LogP contribution in [-0.2, 0) is 4.79 Å². The number of likely N-dealkylation sites (tertiary alicyclic amines) is 1. The number of rotatable bonds is 4. The second-order valence-electron chi connectivity index (χ2n) is 5.43. The standard InChI is InChI=1S/C14H13F3N6O2/c15-14(16,17)6-22-4-2-10(13(22)25)21-12(24)9-1-3-19-11(5-9)23-8-18-7-20-23/h1,3,5,7-8,10H,2,4,6H2,(H,21,24). The number of hydrogen-bond acceptors (Lipinski definition) is 5. The predicted molar refractivity (Wildman–Crippen MR) is 77.7 cm³/mol. The van der Waals surface area contributed by atoms with Gasteiger partial charge in [-0.3, -0.25) is 9.59 Å². The lowest BCUT2D eigenvalue weighted by molar-refractivity contribution is -0.157. The fraction of sp³-hybridized carbons (Fsp3) is 0.357. The molecule has 1 saturated heterocycles. The smallest absolute Gasteiger partial charge is 0.340 e. The Kier molecular flexibility index (Phi) is 4.38. The maximum absolute atomic E-state index is 12.4. The van der Waals surface area contributed by atoms with Crippen LogP contribution in [0.4, 0.5) is 13.2 Å². The summed E-state index contributed by atoms with van der Waals surface area (Å²) in [6.07, 6.45) is -0.243.